The number of benzene rings is 3. The monoisotopic (exact) mass is 280 g/mol. The second kappa shape index (κ2) is 4.12. The van der Waals surface area contributed by atoms with Crippen molar-refractivity contribution in [2.24, 2.45) is 0 Å². The molecule has 1 N–H and O–H groups in total. The van der Waals surface area contributed by atoms with Crippen molar-refractivity contribution < 1.29 is 9.84 Å². The van der Waals surface area contributed by atoms with Gasteiger partial charge in [-0.2, -0.15) is 0 Å². The number of hydrogen-bond acceptors (Lipinski definition) is 3. The van der Waals surface area contributed by atoms with Crippen molar-refractivity contribution in [1.29, 1.82) is 0 Å². The summed E-state index contributed by atoms with van der Waals surface area (Å²) in [6.45, 7) is 0. The van der Waals surface area contributed by atoms with Crippen LogP contribution in [0.3, 0.4) is 0 Å². The first-order valence-corrected chi connectivity index (χ1v) is 7.20. The fraction of sp³-hybridized carbons (Fsp3) is 0.0588. The second-order valence-electron chi connectivity index (χ2n) is 4.79. The fourth-order valence-corrected chi connectivity index (χ4v) is 3.92. The van der Waals surface area contributed by atoms with E-state index in [2.05, 4.69) is 24.3 Å². The average molecular weight is 280 g/mol. The van der Waals surface area contributed by atoms with Crippen molar-refractivity contribution in [2.45, 2.75) is 0 Å². The van der Waals surface area contributed by atoms with Gasteiger partial charge in [0.05, 0.1) is 11.8 Å². The zero-order valence-electron chi connectivity index (χ0n) is 10.9. The Hall–Kier alpha value is -2.26. The molecule has 0 aliphatic rings. The van der Waals surface area contributed by atoms with Crippen LogP contribution < -0.4 is 4.74 Å². The number of methoxy groups -OCH3 is 1. The summed E-state index contributed by atoms with van der Waals surface area (Å²) in [6, 6.07) is 16.0. The van der Waals surface area contributed by atoms with E-state index >= 15 is 0 Å². The molecule has 0 radical (unpaired) electrons. The van der Waals surface area contributed by atoms with Crippen LogP contribution in [0.25, 0.3) is 30.9 Å². The third-order valence-electron chi connectivity index (χ3n) is 3.67. The Kier molecular flexibility index (Phi) is 2.38. The van der Waals surface area contributed by atoms with Crippen LogP contribution in [-0.2, 0) is 0 Å². The summed E-state index contributed by atoms with van der Waals surface area (Å²) >= 11 is 1.64. The number of phenols is 1. The molecular formula is C17H12O2S. The molecule has 0 saturated heterocycles. The summed E-state index contributed by atoms with van der Waals surface area (Å²) in [5.41, 5.74) is 0. The van der Waals surface area contributed by atoms with Crippen molar-refractivity contribution >= 4 is 42.3 Å². The number of thiophene rings is 1. The predicted molar refractivity (Wildman–Crippen MR) is 85.1 cm³/mol. The Labute approximate surface area is 119 Å². The summed E-state index contributed by atoms with van der Waals surface area (Å²) in [4.78, 5) is 0. The molecule has 20 heavy (non-hydrogen) atoms. The summed E-state index contributed by atoms with van der Waals surface area (Å²) in [6.07, 6.45) is 0. The van der Waals surface area contributed by atoms with Crippen LogP contribution in [0, 0.1) is 0 Å². The van der Waals surface area contributed by atoms with Gasteiger partial charge < -0.3 is 9.84 Å². The first kappa shape index (κ1) is 11.6. The van der Waals surface area contributed by atoms with Gasteiger partial charge in [0.1, 0.15) is 11.5 Å². The average Bonchev–Trinajstić information content (AvgIpc) is 2.87. The topological polar surface area (TPSA) is 29.5 Å². The maximum absolute atomic E-state index is 10.0. The van der Waals surface area contributed by atoms with Gasteiger partial charge in [-0.05, 0) is 35.0 Å². The summed E-state index contributed by atoms with van der Waals surface area (Å²) in [5.74, 6) is 1.21. The van der Waals surface area contributed by atoms with Gasteiger partial charge in [0.25, 0.3) is 0 Å². The third-order valence-corrected chi connectivity index (χ3v) is 4.94. The molecule has 0 fully saturated rings. The molecular weight excluding hydrogens is 268 g/mol. The number of fused-ring (bicyclic) bond motifs is 5. The zero-order chi connectivity index (χ0) is 13.7. The van der Waals surface area contributed by atoms with E-state index in [4.69, 9.17) is 4.74 Å². The molecule has 3 heteroatoms. The molecule has 0 aliphatic carbocycles. The van der Waals surface area contributed by atoms with E-state index < -0.39 is 0 Å². The number of hydrogen-bond donors (Lipinski definition) is 1. The summed E-state index contributed by atoms with van der Waals surface area (Å²) in [7, 11) is 1.68. The minimum atomic E-state index is 0.352. The van der Waals surface area contributed by atoms with E-state index in [1.807, 2.05) is 18.2 Å². The van der Waals surface area contributed by atoms with E-state index in [0.717, 1.165) is 21.2 Å². The van der Waals surface area contributed by atoms with Crippen LogP contribution in [0.15, 0.2) is 48.5 Å². The van der Waals surface area contributed by atoms with Crippen molar-refractivity contribution in [3.63, 3.8) is 0 Å². The van der Waals surface area contributed by atoms with Gasteiger partial charge in [-0.3, -0.25) is 0 Å². The fourth-order valence-electron chi connectivity index (χ4n) is 2.67. The molecule has 4 rings (SSSR count). The van der Waals surface area contributed by atoms with E-state index in [-0.39, 0.29) is 0 Å². The van der Waals surface area contributed by atoms with Gasteiger partial charge in [0.15, 0.2) is 0 Å². The molecule has 0 bridgehead atoms. The van der Waals surface area contributed by atoms with Crippen molar-refractivity contribution in [1.82, 2.24) is 0 Å². The molecule has 1 aromatic heterocycles. The van der Waals surface area contributed by atoms with Gasteiger partial charge in [-0.25, -0.2) is 0 Å². The summed E-state index contributed by atoms with van der Waals surface area (Å²) in [5, 5.41) is 14.7. The quantitative estimate of drug-likeness (QED) is 0.536. The molecule has 0 amide bonds. The van der Waals surface area contributed by atoms with Crippen molar-refractivity contribution in [3.8, 4) is 11.5 Å². The number of rotatable bonds is 1. The van der Waals surface area contributed by atoms with Crippen LogP contribution in [0.1, 0.15) is 0 Å². The van der Waals surface area contributed by atoms with Crippen LogP contribution in [-0.4, -0.2) is 12.2 Å². The first-order chi connectivity index (χ1) is 9.78. The van der Waals surface area contributed by atoms with E-state index in [1.54, 1.807) is 24.5 Å². The smallest absolute Gasteiger partial charge is 0.133 e. The zero-order valence-corrected chi connectivity index (χ0v) is 11.7. The maximum atomic E-state index is 10.0. The van der Waals surface area contributed by atoms with Gasteiger partial charge in [0.2, 0.25) is 0 Å². The van der Waals surface area contributed by atoms with E-state index in [1.165, 1.54) is 15.5 Å². The highest BCUT2D eigenvalue weighted by molar-refractivity contribution is 7.27. The third kappa shape index (κ3) is 1.50. The van der Waals surface area contributed by atoms with Crippen LogP contribution in [0.5, 0.6) is 11.5 Å². The Morgan fingerprint density at radius 3 is 2.55 bits per heavy atom. The largest absolute Gasteiger partial charge is 0.506 e. The highest BCUT2D eigenvalue weighted by atomic mass is 32.1. The highest BCUT2D eigenvalue weighted by Crippen LogP contribution is 2.42. The molecule has 0 unspecified atom stereocenters. The lowest BCUT2D eigenvalue weighted by atomic mass is 10.1. The summed E-state index contributed by atoms with van der Waals surface area (Å²) < 4.78 is 7.44. The minimum absolute atomic E-state index is 0.352. The van der Waals surface area contributed by atoms with Gasteiger partial charge in [-0.1, -0.05) is 24.3 Å². The molecule has 0 aliphatic heterocycles. The highest BCUT2D eigenvalue weighted by Gasteiger charge is 2.10. The number of ether oxygens (including phenoxy) is 1. The Morgan fingerprint density at radius 2 is 1.70 bits per heavy atom. The molecule has 0 spiro atoms. The van der Waals surface area contributed by atoms with E-state index in [0.29, 0.717) is 5.75 Å². The molecule has 98 valence electrons. The minimum Gasteiger partial charge on any atom is -0.506 e. The number of phenolic OH excluding ortho intramolecular Hbond substituents is 1. The van der Waals surface area contributed by atoms with Crippen molar-refractivity contribution in [2.75, 3.05) is 7.11 Å². The molecule has 4 aromatic rings. The van der Waals surface area contributed by atoms with Crippen LogP contribution in [0.4, 0.5) is 0 Å². The Balaban J connectivity index is 2.19. The first-order valence-electron chi connectivity index (χ1n) is 6.39. The van der Waals surface area contributed by atoms with E-state index in [9.17, 15) is 5.11 Å². The Morgan fingerprint density at radius 1 is 0.900 bits per heavy atom. The van der Waals surface area contributed by atoms with Gasteiger partial charge in [0, 0.05) is 15.5 Å². The lowest BCUT2D eigenvalue weighted by molar-refractivity contribution is 0.415. The second-order valence-corrected chi connectivity index (χ2v) is 5.81. The molecule has 3 aromatic carbocycles. The molecule has 1 heterocycles. The maximum Gasteiger partial charge on any atom is 0.133 e. The Bertz CT molecular complexity index is 953. The lowest BCUT2D eigenvalue weighted by Crippen LogP contribution is -1.82. The van der Waals surface area contributed by atoms with Crippen LogP contribution >= 0.6 is 11.3 Å². The SMILES string of the molecule is COc1ccc2c(ccc3c4cccc(O)c4sc23)c1. The molecule has 0 atom stereocenters. The van der Waals surface area contributed by atoms with Gasteiger partial charge in [-0.15, -0.1) is 11.3 Å². The number of aromatic hydroxyl groups is 1. The van der Waals surface area contributed by atoms with Gasteiger partial charge >= 0.3 is 0 Å². The van der Waals surface area contributed by atoms with Crippen LogP contribution in [0.2, 0.25) is 0 Å². The predicted octanol–water partition coefficient (Wildman–Crippen LogP) is 4.92. The molecule has 0 saturated carbocycles. The normalized spacial score (nSPS) is 11.4. The standard InChI is InChI=1S/C17H12O2S/c1-19-11-6-8-12-10(9-11)5-7-14-13-3-2-4-15(18)17(13)20-16(12)14/h2-9,18H,1H3. The molecule has 2 nitrogen and oxygen atoms in total. The van der Waals surface area contributed by atoms with Crippen molar-refractivity contribution in [3.05, 3.63) is 48.5 Å². The lowest BCUT2D eigenvalue weighted by Gasteiger charge is -2.03.